The van der Waals surface area contributed by atoms with E-state index in [-0.39, 0.29) is 5.56 Å². The van der Waals surface area contributed by atoms with Gasteiger partial charge in [-0.05, 0) is 46.4 Å². The Kier molecular flexibility index (Phi) is 4.61. The third kappa shape index (κ3) is 3.28. The summed E-state index contributed by atoms with van der Waals surface area (Å²) >= 11 is 2.12. The molecular weight excluding hydrogens is 382 g/mol. The Morgan fingerprint density at radius 2 is 1.80 bits per heavy atom. The molecule has 2 rings (SSSR count). The number of nitrogens with zero attached hydrogens (tertiary/aromatic N) is 1. The van der Waals surface area contributed by atoms with Crippen molar-refractivity contribution in [3.05, 3.63) is 63.0 Å². The van der Waals surface area contributed by atoms with Crippen LogP contribution in [0.25, 0.3) is 0 Å². The average molecular weight is 393 g/mol. The van der Waals surface area contributed by atoms with Crippen LogP contribution in [0.2, 0.25) is 0 Å². The third-order valence-electron chi connectivity index (χ3n) is 2.84. The Morgan fingerprint density at radius 1 is 1.15 bits per heavy atom. The van der Waals surface area contributed by atoms with E-state index in [1.165, 1.54) is 6.20 Å². The normalized spacial score (nSPS) is 13.2. The summed E-state index contributed by atoms with van der Waals surface area (Å²) in [6.45, 7) is 0. The molecule has 1 heterocycles. The molecule has 0 amide bonds. The summed E-state index contributed by atoms with van der Waals surface area (Å²) in [5.74, 6) is 5.44. The fourth-order valence-corrected chi connectivity index (χ4v) is 2.28. The average Bonchev–Trinajstić information content (AvgIpc) is 2.41. The Bertz CT molecular complexity index is 584. The lowest BCUT2D eigenvalue weighted by Crippen LogP contribution is -2.30. The molecule has 0 saturated heterocycles. The zero-order chi connectivity index (χ0) is 14.8. The first-order valence-corrected chi connectivity index (χ1v) is 6.74. The van der Waals surface area contributed by atoms with Crippen LogP contribution in [0, 0.1) is 3.57 Å². The van der Waals surface area contributed by atoms with Crippen LogP contribution in [0.5, 0.6) is 0 Å². The summed E-state index contributed by atoms with van der Waals surface area (Å²) in [6, 6.07) is 7.27. The van der Waals surface area contributed by atoms with E-state index in [4.69, 9.17) is 5.84 Å². The summed E-state index contributed by atoms with van der Waals surface area (Å²) in [5.41, 5.74) is 2.33. The third-order valence-corrected chi connectivity index (χ3v) is 3.56. The van der Waals surface area contributed by atoms with Crippen LogP contribution >= 0.6 is 22.6 Å². The summed E-state index contributed by atoms with van der Waals surface area (Å²) in [6.07, 6.45) is -2.14. The number of halogens is 4. The molecule has 0 spiro atoms. The van der Waals surface area contributed by atoms with Crippen molar-refractivity contribution < 1.29 is 13.2 Å². The summed E-state index contributed by atoms with van der Waals surface area (Å²) in [5, 5.41) is 0. The molecule has 0 radical (unpaired) electrons. The number of nitrogens with two attached hydrogens (primary N) is 1. The molecule has 3 nitrogen and oxygen atoms in total. The highest BCUT2D eigenvalue weighted by Crippen LogP contribution is 2.35. The maximum atomic E-state index is 13.0. The lowest BCUT2D eigenvalue weighted by molar-refractivity contribution is -0.138. The van der Waals surface area contributed by atoms with Crippen molar-refractivity contribution in [1.29, 1.82) is 0 Å². The van der Waals surface area contributed by atoms with E-state index in [2.05, 4.69) is 33.0 Å². The van der Waals surface area contributed by atoms with Gasteiger partial charge in [0.25, 0.3) is 0 Å². The van der Waals surface area contributed by atoms with Crippen molar-refractivity contribution in [3.63, 3.8) is 0 Å². The quantitative estimate of drug-likeness (QED) is 0.478. The standard InChI is InChI=1S/C13H11F3IN3/c14-13(15,16)11-5-6-19-7-10(11)12(20-18)8-1-3-9(17)4-2-8/h1-7,12,20H,18H2. The van der Waals surface area contributed by atoms with Crippen molar-refractivity contribution in [1.82, 2.24) is 10.4 Å². The molecule has 0 aliphatic carbocycles. The van der Waals surface area contributed by atoms with Crippen LogP contribution in [0.1, 0.15) is 22.7 Å². The van der Waals surface area contributed by atoms with Crippen LogP contribution in [0.15, 0.2) is 42.7 Å². The number of alkyl halides is 3. The second kappa shape index (κ2) is 6.06. The first kappa shape index (κ1) is 15.2. The van der Waals surface area contributed by atoms with Gasteiger partial charge < -0.3 is 0 Å². The van der Waals surface area contributed by atoms with Gasteiger partial charge in [0.15, 0.2) is 0 Å². The molecule has 7 heteroatoms. The summed E-state index contributed by atoms with van der Waals surface area (Å²) in [7, 11) is 0. The van der Waals surface area contributed by atoms with Gasteiger partial charge in [0.2, 0.25) is 0 Å². The van der Waals surface area contributed by atoms with Crippen molar-refractivity contribution >= 4 is 22.6 Å². The van der Waals surface area contributed by atoms with Crippen LogP contribution < -0.4 is 11.3 Å². The van der Waals surface area contributed by atoms with Crippen LogP contribution in [-0.2, 0) is 6.18 Å². The van der Waals surface area contributed by atoms with Gasteiger partial charge in [0, 0.05) is 21.5 Å². The molecule has 20 heavy (non-hydrogen) atoms. The molecule has 106 valence electrons. The number of hydrogen-bond acceptors (Lipinski definition) is 3. The van der Waals surface area contributed by atoms with Gasteiger partial charge in [-0.3, -0.25) is 10.8 Å². The molecule has 0 bridgehead atoms. The largest absolute Gasteiger partial charge is 0.416 e. The minimum Gasteiger partial charge on any atom is -0.271 e. The fraction of sp³-hybridized carbons (Fsp3) is 0.154. The van der Waals surface area contributed by atoms with Gasteiger partial charge >= 0.3 is 6.18 Å². The molecule has 0 fully saturated rings. The number of aromatic nitrogens is 1. The van der Waals surface area contributed by atoms with E-state index in [1.54, 1.807) is 12.1 Å². The van der Waals surface area contributed by atoms with Crippen LogP contribution in [0.4, 0.5) is 13.2 Å². The van der Waals surface area contributed by atoms with Gasteiger partial charge in [-0.1, -0.05) is 12.1 Å². The lowest BCUT2D eigenvalue weighted by Gasteiger charge is -2.21. The minimum absolute atomic E-state index is 0.00343. The highest BCUT2D eigenvalue weighted by Gasteiger charge is 2.35. The molecule has 2 aromatic rings. The summed E-state index contributed by atoms with van der Waals surface area (Å²) < 4.78 is 40.1. The van der Waals surface area contributed by atoms with E-state index in [1.807, 2.05) is 12.1 Å². The molecule has 1 aromatic heterocycles. The number of nitrogens with one attached hydrogen (secondary N) is 1. The highest BCUT2D eigenvalue weighted by molar-refractivity contribution is 14.1. The second-order valence-electron chi connectivity index (χ2n) is 4.11. The van der Waals surface area contributed by atoms with E-state index >= 15 is 0 Å². The molecule has 0 aliphatic rings. The Hall–Kier alpha value is -1.19. The maximum Gasteiger partial charge on any atom is 0.416 e. The molecule has 3 N–H and O–H groups in total. The van der Waals surface area contributed by atoms with Crippen molar-refractivity contribution in [2.45, 2.75) is 12.2 Å². The monoisotopic (exact) mass is 393 g/mol. The van der Waals surface area contributed by atoms with Gasteiger partial charge in [-0.2, -0.15) is 13.2 Å². The number of benzene rings is 1. The Balaban J connectivity index is 2.50. The molecule has 0 saturated carbocycles. The smallest absolute Gasteiger partial charge is 0.271 e. The highest BCUT2D eigenvalue weighted by atomic mass is 127. The summed E-state index contributed by atoms with van der Waals surface area (Å²) in [4.78, 5) is 3.77. The maximum absolute atomic E-state index is 13.0. The van der Waals surface area contributed by atoms with Crippen LogP contribution in [0.3, 0.4) is 0 Å². The van der Waals surface area contributed by atoms with Gasteiger partial charge in [0.05, 0.1) is 11.6 Å². The van der Waals surface area contributed by atoms with E-state index in [0.29, 0.717) is 5.56 Å². The second-order valence-corrected chi connectivity index (χ2v) is 5.36. The van der Waals surface area contributed by atoms with Crippen molar-refractivity contribution in [2.75, 3.05) is 0 Å². The zero-order valence-corrected chi connectivity index (χ0v) is 12.3. The van der Waals surface area contributed by atoms with Crippen molar-refractivity contribution in [3.8, 4) is 0 Å². The van der Waals surface area contributed by atoms with E-state index in [0.717, 1.165) is 15.8 Å². The first-order chi connectivity index (χ1) is 9.43. The van der Waals surface area contributed by atoms with Gasteiger partial charge in [-0.25, -0.2) is 5.43 Å². The number of pyridine rings is 1. The molecule has 1 atom stereocenters. The number of rotatable bonds is 3. The van der Waals surface area contributed by atoms with E-state index in [9.17, 15) is 13.2 Å². The predicted molar refractivity (Wildman–Crippen MR) is 77.6 cm³/mol. The molecule has 1 aromatic carbocycles. The van der Waals surface area contributed by atoms with Crippen molar-refractivity contribution in [2.24, 2.45) is 5.84 Å². The predicted octanol–water partition coefficient (Wildman–Crippen LogP) is 3.26. The SMILES string of the molecule is NNC(c1ccc(I)cc1)c1cnccc1C(F)(F)F. The molecule has 1 unspecified atom stereocenters. The Morgan fingerprint density at radius 3 is 2.35 bits per heavy atom. The number of hydrazine groups is 1. The zero-order valence-electron chi connectivity index (χ0n) is 10.2. The first-order valence-electron chi connectivity index (χ1n) is 5.66. The van der Waals surface area contributed by atoms with Crippen LogP contribution in [-0.4, -0.2) is 4.98 Å². The lowest BCUT2D eigenvalue weighted by atomic mass is 9.96. The molecule has 0 aliphatic heterocycles. The minimum atomic E-state index is -4.45. The van der Waals surface area contributed by atoms with Gasteiger partial charge in [0.1, 0.15) is 0 Å². The Labute approximate surface area is 127 Å². The topological polar surface area (TPSA) is 50.9 Å². The van der Waals surface area contributed by atoms with E-state index < -0.39 is 17.8 Å². The van der Waals surface area contributed by atoms with Gasteiger partial charge in [-0.15, -0.1) is 0 Å². The molecular formula is C13H11F3IN3. The fourth-order valence-electron chi connectivity index (χ4n) is 1.92. The number of hydrogen-bond donors (Lipinski definition) is 2.